The maximum atomic E-state index is 6.79. The number of fused-ring (bicyclic) bond motifs is 1. The van der Waals surface area contributed by atoms with Crippen molar-refractivity contribution < 1.29 is 0 Å². The molecule has 0 bridgehead atoms. The van der Waals surface area contributed by atoms with Crippen LogP contribution in [0, 0.1) is 6.92 Å². The fourth-order valence-corrected chi connectivity index (χ4v) is 5.34. The minimum atomic E-state index is -1.07. The van der Waals surface area contributed by atoms with Crippen LogP contribution in [0.1, 0.15) is 49.1 Å². The number of hydrogen-bond acceptors (Lipinski definition) is 8. The van der Waals surface area contributed by atoms with Crippen LogP contribution in [0.15, 0.2) is 28.7 Å². The van der Waals surface area contributed by atoms with E-state index in [0.717, 1.165) is 74.2 Å². The van der Waals surface area contributed by atoms with Crippen LogP contribution in [0.5, 0.6) is 0 Å². The Balaban J connectivity index is 1.35. The third kappa shape index (κ3) is 4.22. The maximum Gasteiger partial charge on any atom is 0.229 e. The second-order valence-corrected chi connectivity index (χ2v) is 10.3. The van der Waals surface area contributed by atoms with Gasteiger partial charge >= 0.3 is 0 Å². The number of aromatic nitrogens is 1. The van der Waals surface area contributed by atoms with E-state index in [0.29, 0.717) is 0 Å². The first-order valence-corrected chi connectivity index (χ1v) is 12.2. The van der Waals surface area contributed by atoms with Crippen LogP contribution >= 0.6 is 11.3 Å². The molecule has 3 aliphatic rings. The van der Waals surface area contributed by atoms with E-state index in [2.05, 4.69) is 52.7 Å². The lowest BCUT2D eigenvalue weighted by Crippen LogP contribution is -2.50. The van der Waals surface area contributed by atoms with Crippen molar-refractivity contribution in [1.82, 2.24) is 20.1 Å². The molecule has 7 nitrogen and oxygen atoms in total. The van der Waals surface area contributed by atoms with E-state index in [1.54, 1.807) is 11.3 Å². The highest BCUT2D eigenvalue weighted by molar-refractivity contribution is 7.14. The molecule has 2 aromatic rings. The molecule has 2 fully saturated rings. The first kappa shape index (κ1) is 20.9. The highest BCUT2D eigenvalue weighted by Gasteiger charge is 2.42. The minimum absolute atomic E-state index is 0.127. The number of amidine groups is 1. The third-order valence-electron chi connectivity index (χ3n) is 6.76. The third-order valence-corrected chi connectivity index (χ3v) is 7.77. The van der Waals surface area contributed by atoms with Gasteiger partial charge in [0.2, 0.25) is 5.79 Å². The molecule has 1 unspecified atom stereocenters. The van der Waals surface area contributed by atoms with Crippen molar-refractivity contribution in [3.8, 4) is 0 Å². The van der Waals surface area contributed by atoms with Crippen molar-refractivity contribution in [3.05, 3.63) is 46.1 Å². The van der Waals surface area contributed by atoms with Crippen LogP contribution in [-0.2, 0) is 12.3 Å². The van der Waals surface area contributed by atoms with Gasteiger partial charge in [-0.05, 0) is 55.8 Å². The molecule has 0 radical (unpaired) electrons. The largest absolute Gasteiger partial charge is 0.364 e. The summed E-state index contributed by atoms with van der Waals surface area (Å²) in [5.74, 6) is -0.182. The predicted octanol–water partition coefficient (Wildman–Crippen LogP) is 2.67. The Bertz CT molecular complexity index is 970. The normalized spacial score (nSPS) is 25.5. The molecule has 0 aromatic carbocycles. The number of likely N-dealkylation sites (N-methyl/N-ethyl adjacent to an activating group) is 1. The Morgan fingerprint density at radius 1 is 1.19 bits per heavy atom. The fraction of sp³-hybridized carbons (Fsp3) is 0.565. The zero-order valence-electron chi connectivity index (χ0n) is 18.7. The summed E-state index contributed by atoms with van der Waals surface area (Å²) >= 11 is 1.68. The molecule has 5 rings (SSSR count). The number of aliphatic imine (C=N–C) groups is 1. The van der Waals surface area contributed by atoms with Crippen LogP contribution in [-0.4, -0.2) is 58.9 Å². The number of nitrogens with two attached hydrogens (primary N) is 1. The predicted molar refractivity (Wildman–Crippen MR) is 127 cm³/mol. The molecule has 1 aliphatic carbocycles. The molecule has 8 heteroatoms. The molecule has 1 saturated heterocycles. The summed E-state index contributed by atoms with van der Waals surface area (Å²) in [6, 6.07) is 4.17. The second-order valence-electron chi connectivity index (χ2n) is 9.42. The van der Waals surface area contributed by atoms with Gasteiger partial charge in [-0.3, -0.25) is 15.6 Å². The van der Waals surface area contributed by atoms with Gasteiger partial charge in [-0.15, -0.1) is 11.3 Å². The SMILES string of the molecule is CCN1CCN(Cc2ccc(C3(N)N=C(NC4(C)CC4)c4c(C)csc4N3)nc2)CC1. The summed E-state index contributed by atoms with van der Waals surface area (Å²) in [6.07, 6.45) is 4.28. The Kier molecular flexibility index (Phi) is 5.29. The van der Waals surface area contributed by atoms with Gasteiger partial charge in [0.05, 0.1) is 5.56 Å². The highest BCUT2D eigenvalue weighted by Crippen LogP contribution is 2.40. The van der Waals surface area contributed by atoms with Crippen LogP contribution in [0.3, 0.4) is 0 Å². The van der Waals surface area contributed by atoms with E-state index in [9.17, 15) is 0 Å². The summed E-state index contributed by atoms with van der Waals surface area (Å²) < 4.78 is 0. The van der Waals surface area contributed by atoms with E-state index >= 15 is 0 Å². The summed E-state index contributed by atoms with van der Waals surface area (Å²) in [4.78, 5) is 14.7. The number of hydrogen-bond donors (Lipinski definition) is 3. The van der Waals surface area contributed by atoms with Crippen LogP contribution < -0.4 is 16.4 Å². The average Bonchev–Trinajstić information content (AvgIpc) is 3.37. The molecular weight excluding hydrogens is 406 g/mol. The van der Waals surface area contributed by atoms with Crippen molar-refractivity contribution in [3.63, 3.8) is 0 Å². The van der Waals surface area contributed by atoms with Gasteiger partial charge in [0, 0.05) is 44.5 Å². The summed E-state index contributed by atoms with van der Waals surface area (Å²) in [7, 11) is 0. The number of nitrogens with one attached hydrogen (secondary N) is 2. The average molecular weight is 440 g/mol. The first-order valence-electron chi connectivity index (χ1n) is 11.3. The highest BCUT2D eigenvalue weighted by atomic mass is 32.1. The quantitative estimate of drug-likeness (QED) is 0.665. The van der Waals surface area contributed by atoms with Crippen molar-refractivity contribution in [2.24, 2.45) is 10.7 Å². The molecule has 166 valence electrons. The van der Waals surface area contributed by atoms with E-state index in [1.807, 2.05) is 12.3 Å². The van der Waals surface area contributed by atoms with Crippen LogP contribution in [0.25, 0.3) is 0 Å². The van der Waals surface area contributed by atoms with Crippen molar-refractivity contribution in [2.75, 3.05) is 38.0 Å². The van der Waals surface area contributed by atoms with Gasteiger partial charge < -0.3 is 15.5 Å². The molecule has 0 amide bonds. The summed E-state index contributed by atoms with van der Waals surface area (Å²) in [6.45, 7) is 13.2. The number of piperazine rings is 1. The monoisotopic (exact) mass is 439 g/mol. The Labute approximate surface area is 188 Å². The topological polar surface area (TPSA) is 81.8 Å². The lowest BCUT2D eigenvalue weighted by molar-refractivity contribution is 0.132. The molecule has 31 heavy (non-hydrogen) atoms. The maximum absolute atomic E-state index is 6.79. The van der Waals surface area contributed by atoms with Gasteiger partial charge in [-0.2, -0.15) is 0 Å². The smallest absolute Gasteiger partial charge is 0.229 e. The minimum Gasteiger partial charge on any atom is -0.364 e. The van der Waals surface area contributed by atoms with Gasteiger partial charge in [0.15, 0.2) is 0 Å². The molecule has 0 spiro atoms. The zero-order chi connectivity index (χ0) is 21.6. The molecule has 4 N–H and O–H groups in total. The van der Waals surface area contributed by atoms with Crippen LogP contribution in [0.2, 0.25) is 0 Å². The Morgan fingerprint density at radius 3 is 2.58 bits per heavy atom. The molecule has 4 heterocycles. The number of thiophene rings is 1. The van der Waals surface area contributed by atoms with Gasteiger partial charge in [0.25, 0.3) is 0 Å². The molecule has 1 atom stereocenters. The van der Waals surface area contributed by atoms with E-state index in [-0.39, 0.29) is 5.54 Å². The molecule has 2 aromatic heterocycles. The summed E-state index contributed by atoms with van der Waals surface area (Å²) in [5.41, 5.74) is 11.2. The summed E-state index contributed by atoms with van der Waals surface area (Å²) in [5, 5.41) is 10.3. The number of aryl methyl sites for hydroxylation is 1. The van der Waals surface area contributed by atoms with E-state index in [4.69, 9.17) is 15.7 Å². The zero-order valence-corrected chi connectivity index (χ0v) is 19.6. The van der Waals surface area contributed by atoms with E-state index < -0.39 is 5.79 Å². The van der Waals surface area contributed by atoms with E-state index in [1.165, 1.54) is 11.1 Å². The number of anilines is 1. The Morgan fingerprint density at radius 2 is 1.94 bits per heavy atom. The van der Waals surface area contributed by atoms with Crippen LogP contribution in [0.4, 0.5) is 5.00 Å². The fourth-order valence-electron chi connectivity index (χ4n) is 4.34. The lowest BCUT2D eigenvalue weighted by Gasteiger charge is -2.34. The molecular formula is C23H33N7S. The molecule has 1 saturated carbocycles. The van der Waals surface area contributed by atoms with Gasteiger partial charge in [-0.1, -0.05) is 13.0 Å². The van der Waals surface area contributed by atoms with Crippen molar-refractivity contribution in [1.29, 1.82) is 0 Å². The van der Waals surface area contributed by atoms with Crippen molar-refractivity contribution in [2.45, 2.75) is 51.5 Å². The lowest BCUT2D eigenvalue weighted by atomic mass is 10.1. The number of nitrogens with zero attached hydrogens (tertiary/aromatic N) is 4. The molecule has 2 aliphatic heterocycles. The van der Waals surface area contributed by atoms with Crippen molar-refractivity contribution >= 4 is 22.2 Å². The van der Waals surface area contributed by atoms with Gasteiger partial charge in [0.1, 0.15) is 16.5 Å². The first-order chi connectivity index (χ1) is 14.9. The standard InChI is InChI=1S/C23H33N7S/c1-4-29-9-11-30(12-10-29)14-17-5-6-18(25-13-17)23(24)27-20(26-22(3)7-8-22)19-16(2)15-31-21(19)28-23/h5-6,13,15,28H,4,7-12,14,24H2,1-3H3,(H,26,27). The Hall–Kier alpha value is -2.00. The van der Waals surface area contributed by atoms with Gasteiger partial charge in [-0.25, -0.2) is 4.99 Å². The number of rotatable bonds is 5. The number of pyridine rings is 1. The second kappa shape index (κ2) is 7.85.